The minimum absolute atomic E-state index is 0. The Balaban J connectivity index is 0.00000225. The molecule has 7 heteroatoms. The maximum absolute atomic E-state index is 12.4. The highest BCUT2D eigenvalue weighted by Crippen LogP contribution is 2.18. The molecule has 1 aliphatic rings. The molecule has 0 radical (unpaired) electrons. The molecule has 1 aliphatic carbocycles. The van der Waals surface area contributed by atoms with Gasteiger partial charge in [0, 0.05) is 23.3 Å². The fraction of sp³-hybridized carbons (Fsp3) is 0.333. The Morgan fingerprint density at radius 1 is 1.04 bits per heavy atom. The van der Waals surface area contributed by atoms with Crippen LogP contribution >= 0.6 is 12.4 Å². The van der Waals surface area contributed by atoms with Crippen molar-refractivity contribution in [2.24, 2.45) is 5.73 Å². The summed E-state index contributed by atoms with van der Waals surface area (Å²) < 4.78 is 5.05. The lowest BCUT2D eigenvalue weighted by atomic mass is 9.91. The standard InChI is InChI=1S/C18H21N3O3.ClH/c19-13-6-8-14(9-7-13)20-17(22)12-3-1-4-15(11-12)21-18(23)16-5-2-10-24-16;/h1-5,10-11,13-14H,6-9,19H2,(H,20,22)(H,21,23);1H. The molecule has 25 heavy (non-hydrogen) atoms. The van der Waals surface area contributed by atoms with E-state index in [4.69, 9.17) is 10.2 Å². The molecule has 4 N–H and O–H groups in total. The van der Waals surface area contributed by atoms with Gasteiger partial charge in [0.15, 0.2) is 5.76 Å². The van der Waals surface area contributed by atoms with Gasteiger partial charge in [-0.3, -0.25) is 9.59 Å². The number of hydrogen-bond acceptors (Lipinski definition) is 4. The summed E-state index contributed by atoms with van der Waals surface area (Å²) in [6, 6.07) is 10.5. The van der Waals surface area contributed by atoms with Gasteiger partial charge in [0.2, 0.25) is 0 Å². The van der Waals surface area contributed by atoms with Gasteiger partial charge in [-0.2, -0.15) is 0 Å². The van der Waals surface area contributed by atoms with Crippen molar-refractivity contribution >= 4 is 29.9 Å². The van der Waals surface area contributed by atoms with Crippen LogP contribution in [0.2, 0.25) is 0 Å². The summed E-state index contributed by atoms with van der Waals surface area (Å²) >= 11 is 0. The topological polar surface area (TPSA) is 97.4 Å². The van der Waals surface area contributed by atoms with Crippen molar-refractivity contribution in [2.75, 3.05) is 5.32 Å². The number of amides is 2. The number of benzene rings is 1. The molecule has 1 aromatic carbocycles. The number of nitrogens with one attached hydrogen (secondary N) is 2. The Labute approximate surface area is 152 Å². The molecule has 0 atom stereocenters. The molecule has 0 saturated heterocycles. The molecule has 0 spiro atoms. The molecule has 0 unspecified atom stereocenters. The Morgan fingerprint density at radius 3 is 2.48 bits per heavy atom. The third-order valence-corrected chi connectivity index (χ3v) is 4.23. The van der Waals surface area contributed by atoms with E-state index in [1.165, 1.54) is 6.26 Å². The van der Waals surface area contributed by atoms with Gasteiger partial charge in [-0.25, -0.2) is 0 Å². The van der Waals surface area contributed by atoms with E-state index in [0.29, 0.717) is 11.3 Å². The molecule has 6 nitrogen and oxygen atoms in total. The van der Waals surface area contributed by atoms with Crippen LogP contribution in [-0.4, -0.2) is 23.9 Å². The maximum atomic E-state index is 12.4. The number of rotatable bonds is 4. The summed E-state index contributed by atoms with van der Waals surface area (Å²) in [5.41, 5.74) is 6.95. The Bertz CT molecular complexity index is 710. The van der Waals surface area contributed by atoms with Gasteiger partial charge in [-0.15, -0.1) is 12.4 Å². The van der Waals surface area contributed by atoms with Gasteiger partial charge in [0.25, 0.3) is 11.8 Å². The molecule has 3 rings (SSSR count). The summed E-state index contributed by atoms with van der Waals surface area (Å²) in [6.07, 6.45) is 5.12. The number of carbonyl (C=O) groups excluding carboxylic acids is 2. The fourth-order valence-corrected chi connectivity index (χ4v) is 2.87. The van der Waals surface area contributed by atoms with Gasteiger partial charge in [-0.05, 0) is 56.0 Å². The second-order valence-corrected chi connectivity index (χ2v) is 6.10. The predicted octanol–water partition coefficient (Wildman–Crippen LogP) is 2.95. The Morgan fingerprint density at radius 2 is 1.80 bits per heavy atom. The van der Waals surface area contributed by atoms with Crippen LogP contribution in [0.15, 0.2) is 47.1 Å². The maximum Gasteiger partial charge on any atom is 0.291 e. The number of furan rings is 1. The van der Waals surface area contributed by atoms with Crippen LogP contribution in [0.3, 0.4) is 0 Å². The van der Waals surface area contributed by atoms with Gasteiger partial charge in [0.1, 0.15) is 0 Å². The Hall–Kier alpha value is -2.31. The van der Waals surface area contributed by atoms with Crippen LogP contribution < -0.4 is 16.4 Å². The van der Waals surface area contributed by atoms with Crippen molar-refractivity contribution in [3.63, 3.8) is 0 Å². The average Bonchev–Trinajstić information content (AvgIpc) is 3.12. The van der Waals surface area contributed by atoms with Gasteiger partial charge < -0.3 is 20.8 Å². The van der Waals surface area contributed by atoms with E-state index < -0.39 is 0 Å². The fourth-order valence-electron chi connectivity index (χ4n) is 2.87. The van der Waals surface area contributed by atoms with Crippen LogP contribution in [0, 0.1) is 0 Å². The minimum atomic E-state index is -0.348. The third-order valence-electron chi connectivity index (χ3n) is 4.23. The molecule has 2 amide bonds. The zero-order valence-electron chi connectivity index (χ0n) is 13.7. The first-order valence-electron chi connectivity index (χ1n) is 8.13. The lowest BCUT2D eigenvalue weighted by Gasteiger charge is -2.26. The number of halogens is 1. The van der Waals surface area contributed by atoms with E-state index in [1.807, 2.05) is 0 Å². The molecule has 1 heterocycles. The van der Waals surface area contributed by atoms with Crippen molar-refractivity contribution < 1.29 is 14.0 Å². The number of nitrogens with two attached hydrogens (primary N) is 1. The van der Waals surface area contributed by atoms with E-state index in [2.05, 4.69) is 10.6 Å². The van der Waals surface area contributed by atoms with Crippen LogP contribution in [0.4, 0.5) is 5.69 Å². The van der Waals surface area contributed by atoms with Crippen LogP contribution in [0.1, 0.15) is 46.6 Å². The highest BCUT2D eigenvalue weighted by Gasteiger charge is 2.20. The van der Waals surface area contributed by atoms with E-state index in [9.17, 15) is 9.59 Å². The van der Waals surface area contributed by atoms with Gasteiger partial charge >= 0.3 is 0 Å². The highest BCUT2D eigenvalue weighted by molar-refractivity contribution is 6.03. The lowest BCUT2D eigenvalue weighted by Crippen LogP contribution is -2.40. The minimum Gasteiger partial charge on any atom is -0.459 e. The third kappa shape index (κ3) is 5.08. The van der Waals surface area contributed by atoms with Crippen LogP contribution in [0.25, 0.3) is 0 Å². The van der Waals surface area contributed by atoms with Gasteiger partial charge in [0.05, 0.1) is 6.26 Å². The first-order valence-corrected chi connectivity index (χ1v) is 8.13. The SMILES string of the molecule is Cl.NC1CCC(NC(=O)c2cccc(NC(=O)c3ccco3)c2)CC1. The van der Waals surface area contributed by atoms with Crippen molar-refractivity contribution in [2.45, 2.75) is 37.8 Å². The predicted molar refractivity (Wildman–Crippen MR) is 98.0 cm³/mol. The van der Waals surface area contributed by atoms with E-state index in [1.54, 1.807) is 36.4 Å². The summed E-state index contributed by atoms with van der Waals surface area (Å²) in [7, 11) is 0. The lowest BCUT2D eigenvalue weighted by molar-refractivity contribution is 0.0924. The number of hydrogen-bond donors (Lipinski definition) is 3. The van der Waals surface area contributed by atoms with Gasteiger partial charge in [-0.1, -0.05) is 6.07 Å². The van der Waals surface area contributed by atoms with Crippen LogP contribution in [-0.2, 0) is 0 Å². The number of carbonyl (C=O) groups is 2. The van der Waals surface area contributed by atoms with Crippen molar-refractivity contribution in [1.82, 2.24) is 5.32 Å². The molecule has 134 valence electrons. The van der Waals surface area contributed by atoms with Crippen LogP contribution in [0.5, 0.6) is 0 Å². The molecule has 1 aromatic heterocycles. The molecule has 1 fully saturated rings. The second kappa shape index (κ2) is 8.69. The van der Waals surface area contributed by atoms with E-state index >= 15 is 0 Å². The number of anilines is 1. The summed E-state index contributed by atoms with van der Waals surface area (Å²) in [4.78, 5) is 24.4. The van der Waals surface area contributed by atoms with Crippen molar-refractivity contribution in [1.29, 1.82) is 0 Å². The monoisotopic (exact) mass is 363 g/mol. The summed E-state index contributed by atoms with van der Waals surface area (Å²) in [5, 5.41) is 5.76. The normalized spacial score (nSPS) is 19.6. The van der Waals surface area contributed by atoms with Crippen molar-refractivity contribution in [3.05, 3.63) is 54.0 Å². The molecule has 0 bridgehead atoms. The van der Waals surface area contributed by atoms with E-state index in [-0.39, 0.29) is 42.1 Å². The molecule has 2 aromatic rings. The highest BCUT2D eigenvalue weighted by atomic mass is 35.5. The summed E-state index contributed by atoms with van der Waals surface area (Å²) in [5.74, 6) is -0.258. The Kier molecular flexibility index (Phi) is 6.61. The average molecular weight is 364 g/mol. The van der Waals surface area contributed by atoms with Crippen molar-refractivity contribution in [3.8, 4) is 0 Å². The first kappa shape index (κ1) is 19.0. The molecular formula is C18H22ClN3O3. The quantitative estimate of drug-likeness (QED) is 0.777. The first-order chi connectivity index (χ1) is 11.6. The second-order valence-electron chi connectivity index (χ2n) is 6.10. The molecule has 1 saturated carbocycles. The smallest absolute Gasteiger partial charge is 0.291 e. The summed E-state index contributed by atoms with van der Waals surface area (Å²) in [6.45, 7) is 0. The molecule has 0 aliphatic heterocycles. The largest absolute Gasteiger partial charge is 0.459 e. The molecular weight excluding hydrogens is 342 g/mol. The zero-order chi connectivity index (χ0) is 16.9. The zero-order valence-corrected chi connectivity index (χ0v) is 14.6. The van der Waals surface area contributed by atoms with E-state index in [0.717, 1.165) is 25.7 Å².